The molecule has 0 bridgehead atoms. The first kappa shape index (κ1) is 26.4. The predicted molar refractivity (Wildman–Crippen MR) is 137 cm³/mol. The molecule has 0 fully saturated rings. The average molecular weight is 518 g/mol. The number of aliphatic carboxylic acids is 1. The number of aromatic nitrogens is 2. The fourth-order valence-electron chi connectivity index (χ4n) is 3.57. The Hall–Kier alpha value is -3.18. The third-order valence-corrected chi connectivity index (χ3v) is 9.32. The predicted octanol–water partition coefficient (Wildman–Crippen LogP) is 3.78. The van der Waals surface area contributed by atoms with Crippen molar-refractivity contribution in [1.82, 2.24) is 14.3 Å². The van der Waals surface area contributed by atoms with E-state index in [2.05, 4.69) is 29.9 Å². The molecule has 0 spiro atoms. The topological polar surface area (TPSA) is 128 Å². The smallest absolute Gasteiger partial charge is 0.408 e. The highest BCUT2D eigenvalue weighted by Crippen LogP contribution is 2.22. The van der Waals surface area contributed by atoms with Crippen molar-refractivity contribution < 1.29 is 27.9 Å². The summed E-state index contributed by atoms with van der Waals surface area (Å²) in [5, 5.41) is 12.0. The number of nitrogens with one attached hydrogen (secondary N) is 1. The van der Waals surface area contributed by atoms with Gasteiger partial charge < -0.3 is 15.2 Å². The van der Waals surface area contributed by atoms with E-state index in [-0.39, 0.29) is 18.8 Å². The van der Waals surface area contributed by atoms with Gasteiger partial charge in [-0.2, -0.15) is 0 Å². The van der Waals surface area contributed by atoms with Gasteiger partial charge in [-0.3, -0.25) is 0 Å². The van der Waals surface area contributed by atoms with Gasteiger partial charge in [0, 0.05) is 14.5 Å². The number of ether oxygens (including phenoxy) is 1. The maximum atomic E-state index is 13.0. The number of rotatable bonds is 10. The molecule has 9 nitrogen and oxygen atoms in total. The van der Waals surface area contributed by atoms with Crippen LogP contribution in [-0.2, 0) is 32.6 Å². The molecule has 1 aromatic heterocycles. The van der Waals surface area contributed by atoms with Gasteiger partial charge in [-0.05, 0) is 36.2 Å². The zero-order valence-corrected chi connectivity index (χ0v) is 22.1. The number of carboxylic acids is 1. The number of carboxylic acid groups (broad SMARTS) is 1. The number of nitrogens with zero attached hydrogens (tertiary/aromatic N) is 2. The van der Waals surface area contributed by atoms with E-state index in [1.54, 1.807) is 37.3 Å². The van der Waals surface area contributed by atoms with Crippen LogP contribution in [0.25, 0.3) is 11.0 Å². The van der Waals surface area contributed by atoms with Crippen molar-refractivity contribution in [3.8, 4) is 0 Å². The van der Waals surface area contributed by atoms with Crippen LogP contribution in [0.3, 0.4) is 0 Å². The molecule has 1 atom stereocenters. The van der Waals surface area contributed by atoms with E-state index in [0.717, 1.165) is 5.56 Å². The quantitative estimate of drug-likeness (QED) is 0.392. The molecular formula is C24H31N3O6SSi. The van der Waals surface area contributed by atoms with Crippen molar-refractivity contribution in [2.24, 2.45) is 0 Å². The standard InChI is InChI=1S/C24H31N3O6SSi/c1-17-25-20-14-19(10-11-22(20)27(17)34(31,32)12-13-35(2,3)4)15-21(23(28)29)26-24(30)33-16-18-8-6-5-7-9-18/h5-11,14,21H,12-13,15-16H2,1-4H3,(H,26,30)(H,28,29)/t21-/m1/s1. The molecular weight excluding hydrogens is 486 g/mol. The largest absolute Gasteiger partial charge is 0.480 e. The monoisotopic (exact) mass is 517 g/mol. The van der Waals surface area contributed by atoms with E-state index in [1.165, 1.54) is 3.97 Å². The summed E-state index contributed by atoms with van der Waals surface area (Å²) in [6.07, 6.45) is -0.851. The summed E-state index contributed by atoms with van der Waals surface area (Å²) in [5.74, 6) is -0.810. The first-order valence-electron chi connectivity index (χ1n) is 11.3. The Labute approximate surface area is 206 Å². The van der Waals surface area contributed by atoms with Crippen LogP contribution >= 0.6 is 0 Å². The summed E-state index contributed by atoms with van der Waals surface area (Å²) >= 11 is 0. The van der Waals surface area contributed by atoms with Crippen LogP contribution in [0.1, 0.15) is 17.0 Å². The minimum absolute atomic E-state index is 0.0139. The molecule has 0 unspecified atom stereocenters. The van der Waals surface area contributed by atoms with Gasteiger partial charge in [0.2, 0.25) is 10.0 Å². The molecule has 3 rings (SSSR count). The van der Waals surface area contributed by atoms with Crippen molar-refractivity contribution >= 4 is 41.2 Å². The molecule has 3 aromatic rings. The summed E-state index contributed by atoms with van der Waals surface area (Å²) < 4.78 is 32.4. The van der Waals surface area contributed by atoms with Crippen LogP contribution in [-0.4, -0.2) is 54.4 Å². The van der Waals surface area contributed by atoms with Gasteiger partial charge in [0.1, 0.15) is 18.5 Å². The molecule has 0 radical (unpaired) electrons. The van der Waals surface area contributed by atoms with Crippen molar-refractivity contribution in [2.75, 3.05) is 5.75 Å². The third-order valence-electron chi connectivity index (χ3n) is 5.47. The highest BCUT2D eigenvalue weighted by Gasteiger charge is 2.25. The van der Waals surface area contributed by atoms with Crippen LogP contribution in [0, 0.1) is 6.92 Å². The normalized spacial score (nSPS) is 12.9. The number of alkyl carbamates (subject to hydrolysis) is 1. The second kappa shape index (κ2) is 10.6. The lowest BCUT2D eigenvalue weighted by Crippen LogP contribution is -2.42. The van der Waals surface area contributed by atoms with Gasteiger partial charge in [-0.15, -0.1) is 0 Å². The molecule has 0 aliphatic rings. The highest BCUT2D eigenvalue weighted by atomic mass is 32.2. The molecule has 11 heteroatoms. The Balaban J connectivity index is 1.74. The van der Waals surface area contributed by atoms with Gasteiger partial charge in [-0.25, -0.2) is 27.0 Å². The summed E-state index contributed by atoms with van der Waals surface area (Å²) in [4.78, 5) is 28.3. The molecule has 1 amide bonds. The lowest BCUT2D eigenvalue weighted by Gasteiger charge is -2.16. The lowest BCUT2D eigenvalue weighted by molar-refractivity contribution is -0.139. The SMILES string of the molecule is Cc1nc2cc(C[C@@H](NC(=O)OCc3ccccc3)C(=O)O)ccc2n1S(=O)(=O)CC[Si](C)(C)C. The number of carbonyl (C=O) groups excluding carboxylic acids is 1. The van der Waals surface area contributed by atoms with Crippen LogP contribution in [0.2, 0.25) is 25.7 Å². The van der Waals surface area contributed by atoms with Gasteiger partial charge in [0.25, 0.3) is 0 Å². The maximum absolute atomic E-state index is 13.0. The minimum atomic E-state index is -3.58. The third kappa shape index (κ3) is 7.15. The van der Waals surface area contributed by atoms with E-state index in [0.29, 0.717) is 28.5 Å². The molecule has 2 aromatic carbocycles. The van der Waals surface area contributed by atoms with Gasteiger partial charge in [0.15, 0.2) is 0 Å². The van der Waals surface area contributed by atoms with Crippen molar-refractivity contribution in [1.29, 1.82) is 0 Å². The zero-order valence-electron chi connectivity index (χ0n) is 20.3. The van der Waals surface area contributed by atoms with Crippen LogP contribution in [0.4, 0.5) is 4.79 Å². The number of aryl methyl sites for hydroxylation is 1. The fraction of sp³-hybridized carbons (Fsp3) is 0.375. The van der Waals surface area contributed by atoms with Crippen molar-refractivity contribution in [3.63, 3.8) is 0 Å². The van der Waals surface area contributed by atoms with Crippen molar-refractivity contribution in [3.05, 3.63) is 65.5 Å². The maximum Gasteiger partial charge on any atom is 0.408 e. The summed E-state index contributed by atoms with van der Waals surface area (Å²) in [6.45, 7) is 8.03. The first-order valence-corrected chi connectivity index (χ1v) is 16.6. The van der Waals surface area contributed by atoms with E-state index < -0.39 is 36.2 Å². The molecule has 0 saturated carbocycles. The number of amides is 1. The molecule has 2 N–H and O–H groups in total. The molecule has 188 valence electrons. The average Bonchev–Trinajstić information content (AvgIpc) is 3.12. The van der Waals surface area contributed by atoms with Crippen molar-refractivity contribution in [2.45, 2.75) is 51.7 Å². The minimum Gasteiger partial charge on any atom is -0.480 e. The molecule has 0 aliphatic heterocycles. The molecule has 0 saturated heterocycles. The summed E-state index contributed by atoms with van der Waals surface area (Å²) in [5.41, 5.74) is 2.28. The second-order valence-electron chi connectivity index (χ2n) is 9.67. The number of hydrogen-bond donors (Lipinski definition) is 2. The van der Waals surface area contributed by atoms with Crippen LogP contribution in [0.5, 0.6) is 0 Å². The highest BCUT2D eigenvalue weighted by molar-refractivity contribution is 7.90. The zero-order chi connectivity index (χ0) is 25.8. The van der Waals surface area contributed by atoms with E-state index in [4.69, 9.17) is 4.74 Å². The number of benzene rings is 2. The Morgan fingerprint density at radius 2 is 1.80 bits per heavy atom. The van der Waals surface area contributed by atoms with Crippen LogP contribution < -0.4 is 5.32 Å². The summed E-state index contributed by atoms with van der Waals surface area (Å²) in [6, 6.07) is 13.4. The van der Waals surface area contributed by atoms with E-state index in [1.807, 2.05) is 18.2 Å². The molecule has 1 heterocycles. The number of fused-ring (bicyclic) bond motifs is 1. The Morgan fingerprint density at radius 3 is 2.43 bits per heavy atom. The Bertz CT molecular complexity index is 1320. The first-order chi connectivity index (χ1) is 16.4. The number of imidazole rings is 1. The van der Waals surface area contributed by atoms with Gasteiger partial charge in [0.05, 0.1) is 16.8 Å². The van der Waals surface area contributed by atoms with E-state index in [9.17, 15) is 23.1 Å². The number of carbonyl (C=O) groups is 2. The van der Waals surface area contributed by atoms with Crippen LogP contribution in [0.15, 0.2) is 48.5 Å². The Morgan fingerprint density at radius 1 is 1.11 bits per heavy atom. The van der Waals surface area contributed by atoms with E-state index >= 15 is 0 Å². The molecule has 0 aliphatic carbocycles. The fourth-order valence-corrected chi connectivity index (χ4v) is 8.13. The second-order valence-corrected chi connectivity index (χ2v) is 17.2. The summed E-state index contributed by atoms with van der Waals surface area (Å²) in [7, 11) is -5.14. The Kier molecular flexibility index (Phi) is 8.01. The lowest BCUT2D eigenvalue weighted by atomic mass is 10.1. The molecule has 35 heavy (non-hydrogen) atoms. The number of hydrogen-bond acceptors (Lipinski definition) is 6. The van der Waals surface area contributed by atoms with Gasteiger partial charge in [-0.1, -0.05) is 56.0 Å². The van der Waals surface area contributed by atoms with Gasteiger partial charge >= 0.3 is 12.1 Å².